The first-order valence-corrected chi connectivity index (χ1v) is 4.09. The third-order valence-electron chi connectivity index (χ3n) is 1.42. The summed E-state index contributed by atoms with van der Waals surface area (Å²) in [7, 11) is 1.53. The molecule has 0 amide bonds. The highest BCUT2D eigenvalue weighted by molar-refractivity contribution is 5.33. The summed E-state index contributed by atoms with van der Waals surface area (Å²) in [6.45, 7) is 2.60. The van der Waals surface area contributed by atoms with E-state index < -0.39 is 0 Å². The molecular weight excluding hydrogens is 168 g/mol. The van der Waals surface area contributed by atoms with Crippen molar-refractivity contribution in [1.29, 1.82) is 0 Å². The number of nitrogens with one attached hydrogen (secondary N) is 1. The van der Waals surface area contributed by atoms with Crippen molar-refractivity contribution in [2.24, 2.45) is 5.73 Å². The van der Waals surface area contributed by atoms with Crippen LogP contribution in [0.25, 0.3) is 0 Å². The van der Waals surface area contributed by atoms with Crippen molar-refractivity contribution in [2.75, 3.05) is 19.0 Å². The van der Waals surface area contributed by atoms with Crippen LogP contribution in [0, 0.1) is 0 Å². The van der Waals surface area contributed by atoms with E-state index in [1.54, 1.807) is 12.3 Å². The molecule has 0 fully saturated rings. The van der Waals surface area contributed by atoms with Crippen LogP contribution in [0.15, 0.2) is 12.3 Å². The number of hydrogen-bond acceptors (Lipinski definition) is 5. The van der Waals surface area contributed by atoms with E-state index in [0.717, 1.165) is 5.82 Å². The summed E-state index contributed by atoms with van der Waals surface area (Å²) in [5.74, 6) is 0.726. The van der Waals surface area contributed by atoms with Gasteiger partial charge in [0.2, 0.25) is 0 Å². The summed E-state index contributed by atoms with van der Waals surface area (Å²) in [6, 6.07) is 2.22. The van der Waals surface area contributed by atoms with Gasteiger partial charge in [-0.3, -0.25) is 0 Å². The SMILES string of the molecule is COc1nccc(NCC(C)N)n1. The third-order valence-corrected chi connectivity index (χ3v) is 1.42. The molecule has 1 heterocycles. The molecule has 0 aromatic carbocycles. The molecule has 0 aliphatic rings. The van der Waals surface area contributed by atoms with Gasteiger partial charge < -0.3 is 15.8 Å². The van der Waals surface area contributed by atoms with Crippen LogP contribution in [0.5, 0.6) is 6.01 Å². The molecule has 0 radical (unpaired) electrons. The minimum absolute atomic E-state index is 0.0981. The van der Waals surface area contributed by atoms with Crippen molar-refractivity contribution < 1.29 is 4.74 Å². The van der Waals surface area contributed by atoms with E-state index in [1.165, 1.54) is 7.11 Å². The first-order valence-electron chi connectivity index (χ1n) is 4.09. The van der Waals surface area contributed by atoms with Crippen LogP contribution in [0.1, 0.15) is 6.92 Å². The molecule has 72 valence electrons. The fourth-order valence-corrected chi connectivity index (χ4v) is 0.803. The lowest BCUT2D eigenvalue weighted by atomic mass is 10.3. The normalized spacial score (nSPS) is 12.2. The van der Waals surface area contributed by atoms with Crippen LogP contribution in [0.4, 0.5) is 5.82 Å². The Morgan fingerprint density at radius 1 is 1.69 bits per heavy atom. The first kappa shape index (κ1) is 9.73. The van der Waals surface area contributed by atoms with Gasteiger partial charge in [-0.15, -0.1) is 0 Å². The van der Waals surface area contributed by atoms with Gasteiger partial charge >= 0.3 is 6.01 Å². The van der Waals surface area contributed by atoms with Gasteiger partial charge in [-0.05, 0) is 13.0 Å². The zero-order valence-corrected chi connectivity index (χ0v) is 7.82. The van der Waals surface area contributed by atoms with Gasteiger partial charge in [0.05, 0.1) is 7.11 Å². The van der Waals surface area contributed by atoms with Crippen molar-refractivity contribution in [3.63, 3.8) is 0 Å². The van der Waals surface area contributed by atoms with Gasteiger partial charge in [-0.1, -0.05) is 0 Å². The van der Waals surface area contributed by atoms with Crippen molar-refractivity contribution in [3.8, 4) is 6.01 Å². The van der Waals surface area contributed by atoms with Crippen LogP contribution in [-0.2, 0) is 0 Å². The van der Waals surface area contributed by atoms with Crippen LogP contribution in [0.3, 0.4) is 0 Å². The number of anilines is 1. The molecule has 0 spiro atoms. The Bertz CT molecular complexity index is 264. The van der Waals surface area contributed by atoms with Gasteiger partial charge in [-0.2, -0.15) is 4.98 Å². The zero-order chi connectivity index (χ0) is 9.68. The average molecular weight is 182 g/mol. The molecule has 1 unspecified atom stereocenters. The van der Waals surface area contributed by atoms with E-state index >= 15 is 0 Å². The third kappa shape index (κ3) is 3.25. The van der Waals surface area contributed by atoms with Crippen LogP contribution in [-0.4, -0.2) is 29.7 Å². The van der Waals surface area contributed by atoms with Crippen molar-refractivity contribution >= 4 is 5.82 Å². The molecule has 3 N–H and O–H groups in total. The summed E-state index contributed by atoms with van der Waals surface area (Å²) in [5, 5.41) is 3.06. The van der Waals surface area contributed by atoms with E-state index in [9.17, 15) is 0 Å². The number of nitrogens with zero attached hydrogens (tertiary/aromatic N) is 2. The molecule has 5 heteroatoms. The summed E-state index contributed by atoms with van der Waals surface area (Å²) < 4.78 is 4.87. The Labute approximate surface area is 77.3 Å². The van der Waals surface area contributed by atoms with E-state index in [-0.39, 0.29) is 6.04 Å². The highest BCUT2D eigenvalue weighted by Crippen LogP contribution is 2.06. The Morgan fingerprint density at radius 2 is 2.46 bits per heavy atom. The minimum Gasteiger partial charge on any atom is -0.467 e. The molecule has 1 rings (SSSR count). The minimum atomic E-state index is 0.0981. The smallest absolute Gasteiger partial charge is 0.318 e. The number of aromatic nitrogens is 2. The maximum atomic E-state index is 5.57. The largest absolute Gasteiger partial charge is 0.467 e. The van der Waals surface area contributed by atoms with Gasteiger partial charge in [0.15, 0.2) is 0 Å². The lowest BCUT2D eigenvalue weighted by molar-refractivity contribution is 0.380. The molecule has 13 heavy (non-hydrogen) atoms. The molecule has 1 aromatic rings. The fourth-order valence-electron chi connectivity index (χ4n) is 0.803. The van der Waals surface area contributed by atoms with E-state index in [0.29, 0.717) is 12.6 Å². The second kappa shape index (κ2) is 4.61. The number of ether oxygens (including phenoxy) is 1. The predicted octanol–water partition coefficient (Wildman–Crippen LogP) is 0.244. The molecule has 0 saturated heterocycles. The van der Waals surface area contributed by atoms with Crippen molar-refractivity contribution in [3.05, 3.63) is 12.3 Å². The second-order valence-electron chi connectivity index (χ2n) is 2.79. The van der Waals surface area contributed by atoms with Gasteiger partial charge in [0.25, 0.3) is 0 Å². The Balaban J connectivity index is 2.56. The van der Waals surface area contributed by atoms with Crippen LogP contribution >= 0.6 is 0 Å². The van der Waals surface area contributed by atoms with E-state index in [4.69, 9.17) is 10.5 Å². The maximum absolute atomic E-state index is 5.57. The Hall–Kier alpha value is -1.36. The standard InChI is InChI=1S/C8H14N4O/c1-6(9)5-11-7-3-4-10-8(12-7)13-2/h3-4,6H,5,9H2,1-2H3,(H,10,11,12). The molecule has 0 bridgehead atoms. The van der Waals surface area contributed by atoms with Crippen LogP contribution < -0.4 is 15.8 Å². The van der Waals surface area contributed by atoms with Gasteiger partial charge in [-0.25, -0.2) is 4.98 Å². The van der Waals surface area contributed by atoms with Crippen molar-refractivity contribution in [2.45, 2.75) is 13.0 Å². The lowest BCUT2D eigenvalue weighted by Gasteiger charge is -2.07. The van der Waals surface area contributed by atoms with Gasteiger partial charge in [0.1, 0.15) is 5.82 Å². The quantitative estimate of drug-likeness (QED) is 0.698. The van der Waals surface area contributed by atoms with Crippen LogP contribution in [0.2, 0.25) is 0 Å². The monoisotopic (exact) mass is 182 g/mol. The van der Waals surface area contributed by atoms with E-state index in [2.05, 4.69) is 15.3 Å². The zero-order valence-electron chi connectivity index (χ0n) is 7.82. The number of hydrogen-bond donors (Lipinski definition) is 2. The second-order valence-corrected chi connectivity index (χ2v) is 2.79. The number of nitrogens with two attached hydrogens (primary N) is 1. The summed E-state index contributed by atoms with van der Waals surface area (Å²) >= 11 is 0. The maximum Gasteiger partial charge on any atom is 0.318 e. The summed E-state index contributed by atoms with van der Waals surface area (Å²) in [4.78, 5) is 7.94. The fraction of sp³-hybridized carbons (Fsp3) is 0.500. The molecule has 0 aliphatic heterocycles. The predicted molar refractivity (Wildman–Crippen MR) is 50.7 cm³/mol. The topological polar surface area (TPSA) is 73.1 Å². The highest BCUT2D eigenvalue weighted by atomic mass is 16.5. The number of methoxy groups -OCH3 is 1. The Kier molecular flexibility index (Phi) is 3.45. The average Bonchev–Trinajstić information content (AvgIpc) is 2.15. The highest BCUT2D eigenvalue weighted by Gasteiger charge is 1.98. The van der Waals surface area contributed by atoms with E-state index in [1.807, 2.05) is 6.92 Å². The summed E-state index contributed by atoms with van der Waals surface area (Å²) in [5.41, 5.74) is 5.57. The molecule has 1 atom stereocenters. The Morgan fingerprint density at radius 3 is 3.08 bits per heavy atom. The van der Waals surface area contributed by atoms with Crippen molar-refractivity contribution in [1.82, 2.24) is 9.97 Å². The first-order chi connectivity index (χ1) is 6.22. The lowest BCUT2D eigenvalue weighted by Crippen LogP contribution is -2.25. The number of rotatable bonds is 4. The molecule has 0 saturated carbocycles. The molecule has 5 nitrogen and oxygen atoms in total. The molecule has 1 aromatic heterocycles. The molecule has 0 aliphatic carbocycles. The molecular formula is C8H14N4O. The van der Waals surface area contributed by atoms with Gasteiger partial charge in [0, 0.05) is 18.8 Å². The summed E-state index contributed by atoms with van der Waals surface area (Å²) in [6.07, 6.45) is 1.63.